The third-order valence-electron chi connectivity index (χ3n) is 5.06. The minimum atomic E-state index is -3.57. The Morgan fingerprint density at radius 1 is 1.07 bits per heavy atom. The van der Waals surface area contributed by atoms with Crippen LogP contribution in [-0.4, -0.2) is 71.7 Å². The van der Waals surface area contributed by atoms with Gasteiger partial charge >= 0.3 is 0 Å². The molecule has 2 aromatic heterocycles. The fourth-order valence-electron chi connectivity index (χ4n) is 3.23. The van der Waals surface area contributed by atoms with Crippen LogP contribution in [0, 0.1) is 0 Å². The third kappa shape index (κ3) is 4.12. The minimum Gasteiger partial charge on any atom is -0.356 e. The highest BCUT2D eigenvalue weighted by atomic mass is 32.2. The zero-order valence-corrected chi connectivity index (χ0v) is 17.8. The molecule has 0 unspecified atom stereocenters. The first kappa shape index (κ1) is 20.5. The zero-order valence-electron chi connectivity index (χ0n) is 17.0. The number of hydrogen-bond donors (Lipinski definition) is 0. The SMILES string of the molecule is CCN(CC)c1ccc(N2CCN(S(=O)(=O)c3cn(C(C)C)cn3)CC2)nn1. The third-order valence-corrected chi connectivity index (χ3v) is 6.85. The van der Waals surface area contributed by atoms with Crippen molar-refractivity contribution in [2.45, 2.75) is 38.8 Å². The maximum Gasteiger partial charge on any atom is 0.262 e. The van der Waals surface area contributed by atoms with Gasteiger partial charge in [-0.1, -0.05) is 0 Å². The first-order valence-corrected chi connectivity index (χ1v) is 11.2. The van der Waals surface area contributed by atoms with Gasteiger partial charge < -0.3 is 14.4 Å². The first-order chi connectivity index (χ1) is 13.4. The summed E-state index contributed by atoms with van der Waals surface area (Å²) in [7, 11) is -3.57. The summed E-state index contributed by atoms with van der Waals surface area (Å²) >= 11 is 0. The van der Waals surface area contributed by atoms with E-state index >= 15 is 0 Å². The van der Waals surface area contributed by atoms with Gasteiger partial charge in [-0.2, -0.15) is 4.31 Å². The molecule has 2 aromatic rings. The second kappa shape index (κ2) is 8.44. The maximum atomic E-state index is 12.9. The van der Waals surface area contributed by atoms with E-state index in [9.17, 15) is 8.42 Å². The van der Waals surface area contributed by atoms with Crippen LogP contribution in [0.4, 0.5) is 11.6 Å². The van der Waals surface area contributed by atoms with E-state index in [0.29, 0.717) is 26.2 Å². The van der Waals surface area contributed by atoms with Crippen LogP contribution < -0.4 is 9.80 Å². The smallest absolute Gasteiger partial charge is 0.262 e. The summed E-state index contributed by atoms with van der Waals surface area (Å²) in [4.78, 5) is 8.30. The van der Waals surface area contributed by atoms with E-state index in [1.165, 1.54) is 4.31 Å². The van der Waals surface area contributed by atoms with Gasteiger partial charge in [0.05, 0.1) is 6.33 Å². The molecule has 1 aliphatic heterocycles. The second-order valence-electron chi connectivity index (χ2n) is 7.07. The maximum absolute atomic E-state index is 12.9. The minimum absolute atomic E-state index is 0.109. The second-order valence-corrected chi connectivity index (χ2v) is 8.95. The van der Waals surface area contributed by atoms with Gasteiger partial charge in [0.2, 0.25) is 0 Å². The van der Waals surface area contributed by atoms with Gasteiger partial charge in [0.25, 0.3) is 10.0 Å². The van der Waals surface area contributed by atoms with Crippen molar-refractivity contribution < 1.29 is 8.42 Å². The Hall–Kier alpha value is -2.20. The summed E-state index contributed by atoms with van der Waals surface area (Å²) < 4.78 is 29.0. The molecule has 9 nitrogen and oxygen atoms in total. The molecule has 1 saturated heterocycles. The summed E-state index contributed by atoms with van der Waals surface area (Å²) in [5.41, 5.74) is 0. The molecule has 0 radical (unpaired) electrons. The van der Waals surface area contributed by atoms with Crippen molar-refractivity contribution in [2.24, 2.45) is 0 Å². The Bertz CT molecular complexity index is 868. The van der Waals surface area contributed by atoms with Gasteiger partial charge in [-0.05, 0) is 39.8 Å². The van der Waals surface area contributed by atoms with E-state index < -0.39 is 10.0 Å². The predicted molar refractivity (Wildman–Crippen MR) is 109 cm³/mol. The highest BCUT2D eigenvalue weighted by Gasteiger charge is 2.30. The number of anilines is 2. The summed E-state index contributed by atoms with van der Waals surface area (Å²) in [6, 6.07) is 4.10. The molecule has 3 rings (SSSR count). The molecule has 3 heterocycles. The van der Waals surface area contributed by atoms with Crippen molar-refractivity contribution in [3.05, 3.63) is 24.7 Å². The van der Waals surface area contributed by atoms with Crippen LogP contribution in [0.25, 0.3) is 0 Å². The average molecular weight is 408 g/mol. The lowest BCUT2D eigenvalue weighted by atomic mass is 10.3. The molecule has 0 amide bonds. The molecular formula is C18H29N7O2S. The van der Waals surface area contributed by atoms with Crippen LogP contribution in [0.5, 0.6) is 0 Å². The highest BCUT2D eigenvalue weighted by molar-refractivity contribution is 7.89. The summed E-state index contributed by atoms with van der Waals surface area (Å²) in [5.74, 6) is 1.63. The van der Waals surface area contributed by atoms with Gasteiger partial charge in [-0.15, -0.1) is 10.2 Å². The fourth-order valence-corrected chi connectivity index (χ4v) is 4.57. The van der Waals surface area contributed by atoms with Gasteiger partial charge in [-0.3, -0.25) is 0 Å². The molecular weight excluding hydrogens is 378 g/mol. The Morgan fingerprint density at radius 2 is 1.75 bits per heavy atom. The number of rotatable bonds is 7. The van der Waals surface area contributed by atoms with E-state index in [1.54, 1.807) is 17.1 Å². The molecule has 0 aliphatic carbocycles. The molecule has 0 atom stereocenters. The number of hydrogen-bond acceptors (Lipinski definition) is 7. The number of aromatic nitrogens is 4. The molecule has 0 saturated carbocycles. The molecule has 1 aliphatic rings. The van der Waals surface area contributed by atoms with Crippen LogP contribution in [0.1, 0.15) is 33.7 Å². The van der Waals surface area contributed by atoms with E-state index in [1.807, 2.05) is 26.0 Å². The van der Waals surface area contributed by atoms with Gasteiger partial charge in [-0.25, -0.2) is 13.4 Å². The molecule has 0 aromatic carbocycles. The topological polar surface area (TPSA) is 87.5 Å². The quantitative estimate of drug-likeness (QED) is 0.689. The summed E-state index contributed by atoms with van der Waals surface area (Å²) in [5, 5.41) is 8.77. The summed E-state index contributed by atoms with van der Waals surface area (Å²) in [6.07, 6.45) is 3.17. The number of nitrogens with zero attached hydrogens (tertiary/aromatic N) is 7. The zero-order chi connectivity index (χ0) is 20.3. The largest absolute Gasteiger partial charge is 0.356 e. The fraction of sp³-hybridized carbons (Fsp3) is 0.611. The van der Waals surface area contributed by atoms with Crippen molar-refractivity contribution in [3.63, 3.8) is 0 Å². The molecule has 0 bridgehead atoms. The lowest BCUT2D eigenvalue weighted by molar-refractivity contribution is 0.382. The van der Waals surface area contributed by atoms with E-state index in [4.69, 9.17) is 0 Å². The molecule has 10 heteroatoms. The Balaban J connectivity index is 1.65. The normalized spacial score (nSPS) is 16.0. The molecule has 28 heavy (non-hydrogen) atoms. The molecule has 1 fully saturated rings. The van der Waals surface area contributed by atoms with E-state index in [-0.39, 0.29) is 11.1 Å². The lowest BCUT2D eigenvalue weighted by Crippen LogP contribution is -2.49. The van der Waals surface area contributed by atoms with Gasteiger partial charge in [0, 0.05) is 51.5 Å². The average Bonchev–Trinajstić information content (AvgIpc) is 3.21. The van der Waals surface area contributed by atoms with Crippen LogP contribution in [0.2, 0.25) is 0 Å². The highest BCUT2D eigenvalue weighted by Crippen LogP contribution is 2.20. The molecule has 0 spiro atoms. The first-order valence-electron chi connectivity index (χ1n) is 9.74. The Morgan fingerprint density at radius 3 is 2.25 bits per heavy atom. The summed E-state index contributed by atoms with van der Waals surface area (Å²) in [6.45, 7) is 11.9. The van der Waals surface area contributed by atoms with Crippen LogP contribution in [-0.2, 0) is 10.0 Å². The van der Waals surface area contributed by atoms with Crippen molar-refractivity contribution in [3.8, 4) is 0 Å². The van der Waals surface area contributed by atoms with E-state index in [2.05, 4.69) is 38.8 Å². The monoisotopic (exact) mass is 407 g/mol. The predicted octanol–water partition coefficient (Wildman–Crippen LogP) is 1.61. The van der Waals surface area contributed by atoms with Crippen LogP contribution >= 0.6 is 0 Å². The van der Waals surface area contributed by atoms with E-state index in [0.717, 1.165) is 24.7 Å². The number of imidazole rings is 1. The molecule has 154 valence electrons. The molecule has 0 N–H and O–H groups in total. The number of sulfonamides is 1. The van der Waals surface area contributed by atoms with Crippen LogP contribution in [0.3, 0.4) is 0 Å². The lowest BCUT2D eigenvalue weighted by Gasteiger charge is -2.34. The van der Waals surface area contributed by atoms with Crippen molar-refractivity contribution >= 4 is 21.7 Å². The Kier molecular flexibility index (Phi) is 6.19. The standard InChI is InChI=1S/C18H29N7O2S/c1-5-22(6-2)16-7-8-17(21-20-16)23-9-11-25(12-10-23)28(26,27)18-13-24(14-19-18)15(3)4/h7-8,13-15H,5-6,9-12H2,1-4H3. The van der Waals surface area contributed by atoms with Crippen molar-refractivity contribution in [1.82, 2.24) is 24.1 Å². The van der Waals surface area contributed by atoms with Gasteiger partial charge in [0.15, 0.2) is 16.7 Å². The van der Waals surface area contributed by atoms with Crippen molar-refractivity contribution in [1.29, 1.82) is 0 Å². The van der Waals surface area contributed by atoms with Crippen molar-refractivity contribution in [2.75, 3.05) is 49.1 Å². The van der Waals surface area contributed by atoms with Crippen LogP contribution in [0.15, 0.2) is 29.7 Å². The Labute approximate surface area is 167 Å². The number of piperazine rings is 1. The van der Waals surface area contributed by atoms with Gasteiger partial charge in [0.1, 0.15) is 0 Å².